The maximum atomic E-state index is 11.2. The summed E-state index contributed by atoms with van der Waals surface area (Å²) in [6.07, 6.45) is 2.53. The van der Waals surface area contributed by atoms with Crippen LogP contribution in [0.25, 0.3) is 0 Å². The number of carbonyl (C=O) groups is 2. The van der Waals surface area contributed by atoms with Gasteiger partial charge in [0.15, 0.2) is 0 Å². The number of hydrogen-bond donors (Lipinski definition) is 2. The van der Waals surface area contributed by atoms with Gasteiger partial charge in [-0.15, -0.1) is 0 Å². The van der Waals surface area contributed by atoms with Crippen molar-refractivity contribution in [2.24, 2.45) is 5.92 Å². The average molecular weight is 198 g/mol. The van der Waals surface area contributed by atoms with Crippen LogP contribution in [-0.4, -0.2) is 24.9 Å². The van der Waals surface area contributed by atoms with Gasteiger partial charge < -0.3 is 5.32 Å². The first-order chi connectivity index (χ1) is 6.68. The average Bonchev–Trinajstić information content (AvgIpc) is 2.15. The molecule has 0 aromatic heterocycles. The summed E-state index contributed by atoms with van der Waals surface area (Å²) >= 11 is 0. The summed E-state index contributed by atoms with van der Waals surface area (Å²) in [5.41, 5.74) is 0. The van der Waals surface area contributed by atoms with Gasteiger partial charge in [-0.25, -0.2) is 0 Å². The van der Waals surface area contributed by atoms with Crippen LogP contribution in [0.15, 0.2) is 0 Å². The Balaban J connectivity index is 2.42. The van der Waals surface area contributed by atoms with Crippen molar-refractivity contribution < 1.29 is 9.59 Å². The molecule has 80 valence electrons. The zero-order chi connectivity index (χ0) is 10.4. The second kappa shape index (κ2) is 5.75. The van der Waals surface area contributed by atoms with E-state index in [1.54, 1.807) is 0 Å². The van der Waals surface area contributed by atoms with Crippen LogP contribution in [0.1, 0.15) is 32.6 Å². The van der Waals surface area contributed by atoms with E-state index in [1.165, 1.54) is 0 Å². The molecule has 1 rings (SSSR count). The normalized spacial score (nSPS) is 26.5. The molecule has 4 heteroatoms. The number of amides is 2. The molecule has 1 atom stereocenters. The molecule has 0 aromatic rings. The quantitative estimate of drug-likeness (QED) is 0.555. The van der Waals surface area contributed by atoms with Crippen LogP contribution in [-0.2, 0) is 9.59 Å². The maximum absolute atomic E-state index is 11.2. The van der Waals surface area contributed by atoms with Crippen molar-refractivity contribution in [2.45, 2.75) is 32.6 Å². The van der Waals surface area contributed by atoms with E-state index in [9.17, 15) is 9.59 Å². The van der Waals surface area contributed by atoms with Crippen molar-refractivity contribution in [1.82, 2.24) is 10.6 Å². The van der Waals surface area contributed by atoms with Crippen LogP contribution in [0.5, 0.6) is 0 Å². The highest BCUT2D eigenvalue weighted by molar-refractivity contribution is 5.95. The molecule has 0 radical (unpaired) electrons. The maximum Gasteiger partial charge on any atom is 0.226 e. The lowest BCUT2D eigenvalue weighted by Crippen LogP contribution is -2.30. The predicted octanol–water partition coefficient (Wildman–Crippen LogP) is 0.429. The molecule has 0 aliphatic carbocycles. The van der Waals surface area contributed by atoms with Gasteiger partial charge in [0.1, 0.15) is 0 Å². The first-order valence-corrected chi connectivity index (χ1v) is 5.22. The van der Waals surface area contributed by atoms with E-state index >= 15 is 0 Å². The molecule has 2 amide bonds. The summed E-state index contributed by atoms with van der Waals surface area (Å²) in [6, 6.07) is 0. The lowest BCUT2D eigenvalue weighted by Gasteiger charge is -2.10. The van der Waals surface area contributed by atoms with Crippen LogP contribution in [0.3, 0.4) is 0 Å². The number of nitrogens with one attached hydrogen (secondary N) is 2. The van der Waals surface area contributed by atoms with Gasteiger partial charge in [-0.05, 0) is 31.8 Å². The summed E-state index contributed by atoms with van der Waals surface area (Å²) in [5, 5.41) is 5.67. The lowest BCUT2D eigenvalue weighted by atomic mass is 10.1. The molecule has 1 saturated heterocycles. The molecule has 0 saturated carbocycles. The minimum absolute atomic E-state index is 0.135. The SMILES string of the molecule is CC1CCC(=O)NC(=O)CCCNC1. The molecule has 1 aliphatic rings. The molecule has 1 heterocycles. The van der Waals surface area contributed by atoms with Gasteiger partial charge in [0.2, 0.25) is 11.8 Å². The molecule has 4 nitrogen and oxygen atoms in total. The fourth-order valence-electron chi connectivity index (χ4n) is 1.48. The Morgan fingerprint density at radius 2 is 1.93 bits per heavy atom. The van der Waals surface area contributed by atoms with Gasteiger partial charge in [-0.3, -0.25) is 14.9 Å². The van der Waals surface area contributed by atoms with Crippen LogP contribution < -0.4 is 10.6 Å². The summed E-state index contributed by atoms with van der Waals surface area (Å²) in [4.78, 5) is 22.4. The number of imide groups is 1. The molecule has 1 fully saturated rings. The minimum Gasteiger partial charge on any atom is -0.316 e. The van der Waals surface area contributed by atoms with Crippen molar-refractivity contribution in [2.75, 3.05) is 13.1 Å². The second-order valence-corrected chi connectivity index (χ2v) is 3.92. The monoisotopic (exact) mass is 198 g/mol. The standard InChI is InChI=1S/C10H18N2O2/c1-8-4-5-10(14)12-9(13)3-2-6-11-7-8/h8,11H,2-7H2,1H3,(H,12,13,14). The Morgan fingerprint density at radius 1 is 1.21 bits per heavy atom. The van der Waals surface area contributed by atoms with Gasteiger partial charge in [0, 0.05) is 12.8 Å². The van der Waals surface area contributed by atoms with E-state index in [1.807, 2.05) is 0 Å². The molecule has 1 unspecified atom stereocenters. The van der Waals surface area contributed by atoms with Gasteiger partial charge >= 0.3 is 0 Å². The molecule has 0 aromatic carbocycles. The van der Waals surface area contributed by atoms with Crippen molar-refractivity contribution in [3.8, 4) is 0 Å². The lowest BCUT2D eigenvalue weighted by molar-refractivity contribution is -0.130. The van der Waals surface area contributed by atoms with E-state index in [4.69, 9.17) is 0 Å². The van der Waals surface area contributed by atoms with Crippen LogP contribution in [0, 0.1) is 5.92 Å². The largest absolute Gasteiger partial charge is 0.316 e. The third kappa shape index (κ3) is 4.37. The van der Waals surface area contributed by atoms with Crippen molar-refractivity contribution >= 4 is 11.8 Å². The summed E-state index contributed by atoms with van der Waals surface area (Å²) < 4.78 is 0. The zero-order valence-corrected chi connectivity index (χ0v) is 8.64. The summed E-state index contributed by atoms with van der Waals surface area (Å²) in [7, 11) is 0. The minimum atomic E-state index is -0.147. The Bertz CT molecular complexity index is 216. The van der Waals surface area contributed by atoms with Crippen molar-refractivity contribution in [1.29, 1.82) is 0 Å². The zero-order valence-electron chi connectivity index (χ0n) is 8.64. The molecule has 0 bridgehead atoms. The van der Waals surface area contributed by atoms with Gasteiger partial charge in [-0.2, -0.15) is 0 Å². The molecule has 0 spiro atoms. The predicted molar refractivity (Wildman–Crippen MR) is 53.7 cm³/mol. The Hall–Kier alpha value is -0.900. The van der Waals surface area contributed by atoms with E-state index in [2.05, 4.69) is 17.6 Å². The first-order valence-electron chi connectivity index (χ1n) is 5.22. The topological polar surface area (TPSA) is 58.2 Å². The van der Waals surface area contributed by atoms with Gasteiger partial charge in [0.25, 0.3) is 0 Å². The van der Waals surface area contributed by atoms with E-state index in [-0.39, 0.29) is 11.8 Å². The van der Waals surface area contributed by atoms with E-state index in [0.717, 1.165) is 25.9 Å². The molecular weight excluding hydrogens is 180 g/mol. The van der Waals surface area contributed by atoms with Crippen LogP contribution in [0.2, 0.25) is 0 Å². The fourth-order valence-corrected chi connectivity index (χ4v) is 1.48. The number of rotatable bonds is 0. The Labute approximate surface area is 84.4 Å². The second-order valence-electron chi connectivity index (χ2n) is 3.92. The Kier molecular flexibility index (Phi) is 4.59. The highest BCUT2D eigenvalue weighted by Crippen LogP contribution is 2.05. The molecule has 1 aliphatic heterocycles. The van der Waals surface area contributed by atoms with E-state index in [0.29, 0.717) is 18.8 Å². The molecule has 14 heavy (non-hydrogen) atoms. The highest BCUT2D eigenvalue weighted by atomic mass is 16.2. The van der Waals surface area contributed by atoms with Gasteiger partial charge in [-0.1, -0.05) is 6.92 Å². The number of carbonyl (C=O) groups excluding carboxylic acids is 2. The third-order valence-electron chi connectivity index (χ3n) is 2.39. The first kappa shape index (κ1) is 11.2. The summed E-state index contributed by atoms with van der Waals surface area (Å²) in [5.74, 6) is 0.212. The van der Waals surface area contributed by atoms with Crippen LogP contribution in [0.4, 0.5) is 0 Å². The van der Waals surface area contributed by atoms with E-state index < -0.39 is 0 Å². The Morgan fingerprint density at radius 3 is 2.71 bits per heavy atom. The van der Waals surface area contributed by atoms with Crippen LogP contribution >= 0.6 is 0 Å². The smallest absolute Gasteiger partial charge is 0.226 e. The third-order valence-corrected chi connectivity index (χ3v) is 2.39. The van der Waals surface area contributed by atoms with Gasteiger partial charge in [0.05, 0.1) is 0 Å². The molecular formula is C10H18N2O2. The molecule has 2 N–H and O–H groups in total. The number of hydrogen-bond acceptors (Lipinski definition) is 3. The fraction of sp³-hybridized carbons (Fsp3) is 0.800. The van der Waals surface area contributed by atoms with Crippen molar-refractivity contribution in [3.05, 3.63) is 0 Å². The van der Waals surface area contributed by atoms with Crippen molar-refractivity contribution in [3.63, 3.8) is 0 Å². The summed E-state index contributed by atoms with van der Waals surface area (Å²) in [6.45, 7) is 3.90. The highest BCUT2D eigenvalue weighted by Gasteiger charge is 2.11.